The third-order valence-corrected chi connectivity index (χ3v) is 3.92. The highest BCUT2D eigenvalue weighted by Gasteiger charge is 2.19. The molecule has 0 saturated carbocycles. The van der Waals surface area contributed by atoms with Crippen LogP contribution in [0.5, 0.6) is 11.5 Å². The highest BCUT2D eigenvalue weighted by molar-refractivity contribution is 5.92. The molecule has 156 valence electrons. The van der Waals surface area contributed by atoms with E-state index >= 15 is 0 Å². The Kier molecular flexibility index (Phi) is 8.79. The lowest BCUT2D eigenvalue weighted by Crippen LogP contribution is -2.43. The third-order valence-electron chi connectivity index (χ3n) is 3.92. The summed E-state index contributed by atoms with van der Waals surface area (Å²) in [7, 11) is 0. The molecule has 0 atom stereocenters. The molecule has 1 N–H and O–H groups in total. The van der Waals surface area contributed by atoms with Crippen LogP contribution in [-0.2, 0) is 19.1 Å². The summed E-state index contributed by atoms with van der Waals surface area (Å²) in [5.74, 6) is 1.53. The van der Waals surface area contributed by atoms with Crippen LogP contribution in [0.3, 0.4) is 0 Å². The van der Waals surface area contributed by atoms with E-state index in [1.54, 1.807) is 11.8 Å². The number of nitrogens with zero attached hydrogens (tertiary/aromatic N) is 1. The first-order valence-electron chi connectivity index (χ1n) is 9.17. The van der Waals surface area contributed by atoms with Gasteiger partial charge in [-0.3, -0.25) is 9.59 Å². The highest BCUT2D eigenvalue weighted by atomic mass is 16.5. The van der Waals surface area contributed by atoms with Gasteiger partial charge in [0.05, 0.1) is 31.9 Å². The van der Waals surface area contributed by atoms with Crippen molar-refractivity contribution >= 4 is 17.8 Å². The number of hydrogen-bond donors (Lipinski definition) is 1. The normalized spacial score (nSPS) is 13.2. The van der Waals surface area contributed by atoms with Crippen LogP contribution in [0.25, 0.3) is 0 Å². The molecule has 1 saturated heterocycles. The van der Waals surface area contributed by atoms with Crippen LogP contribution in [0.15, 0.2) is 18.2 Å². The molecule has 0 unspecified atom stereocenters. The second kappa shape index (κ2) is 11.6. The number of ether oxygens (including phenoxy) is 4. The average Bonchev–Trinajstić information content (AvgIpc) is 2.75. The Morgan fingerprint density at radius 2 is 1.93 bits per heavy atom. The second-order valence-electron chi connectivity index (χ2n) is 5.93. The summed E-state index contributed by atoms with van der Waals surface area (Å²) in [4.78, 5) is 37.5. The van der Waals surface area contributed by atoms with Gasteiger partial charge < -0.3 is 29.2 Å². The van der Waals surface area contributed by atoms with E-state index in [1.807, 2.05) is 0 Å². The van der Waals surface area contributed by atoms with Crippen molar-refractivity contribution in [3.63, 3.8) is 0 Å². The number of carbonyl (C=O) groups is 3. The zero-order valence-electron chi connectivity index (χ0n) is 16.3. The largest absolute Gasteiger partial charge is 0.490 e. The Morgan fingerprint density at radius 3 is 2.62 bits per heavy atom. The first-order chi connectivity index (χ1) is 14.0. The van der Waals surface area contributed by atoms with Crippen LogP contribution in [0.1, 0.15) is 17.3 Å². The predicted octanol–water partition coefficient (Wildman–Crippen LogP) is 0.229. The fraction of sp³-hybridized carbons (Fsp3) is 0.450. The van der Waals surface area contributed by atoms with Crippen LogP contribution >= 0.6 is 0 Å². The summed E-state index contributed by atoms with van der Waals surface area (Å²) in [5, 5.41) is 2.39. The van der Waals surface area contributed by atoms with Crippen molar-refractivity contribution < 1.29 is 33.3 Å². The van der Waals surface area contributed by atoms with Crippen LogP contribution in [0.2, 0.25) is 0 Å². The molecule has 2 amide bonds. The third kappa shape index (κ3) is 7.01. The number of esters is 1. The first kappa shape index (κ1) is 22.0. The monoisotopic (exact) mass is 404 g/mol. The standard InChI is InChI=1S/C20H24N2O7/c1-3-7-21-18(23)13-29-20(25)15-5-6-16(17(12-15)27-4-2)28-14-19(24)22-8-10-26-11-9-22/h1,5-6,12H,4,7-11,13-14H2,2H3,(H,21,23). The molecular formula is C20H24N2O7. The smallest absolute Gasteiger partial charge is 0.338 e. The number of nitrogens with one attached hydrogen (secondary N) is 1. The topological polar surface area (TPSA) is 103 Å². The molecule has 2 rings (SSSR count). The molecule has 1 aromatic rings. The minimum absolute atomic E-state index is 0.0556. The molecule has 0 radical (unpaired) electrons. The summed E-state index contributed by atoms with van der Waals surface area (Å²) in [6.07, 6.45) is 5.04. The lowest BCUT2D eigenvalue weighted by atomic mass is 10.2. The van der Waals surface area contributed by atoms with E-state index in [9.17, 15) is 14.4 Å². The van der Waals surface area contributed by atoms with Crippen molar-refractivity contribution in [1.82, 2.24) is 10.2 Å². The number of terminal acetylenes is 1. The van der Waals surface area contributed by atoms with E-state index < -0.39 is 18.5 Å². The molecule has 0 aliphatic carbocycles. The summed E-state index contributed by atoms with van der Waals surface area (Å²) >= 11 is 0. The molecule has 1 aromatic carbocycles. The second-order valence-corrected chi connectivity index (χ2v) is 5.93. The molecule has 0 spiro atoms. The number of morpholine rings is 1. The van der Waals surface area contributed by atoms with E-state index in [0.29, 0.717) is 44.4 Å². The maximum absolute atomic E-state index is 12.2. The lowest BCUT2D eigenvalue weighted by Gasteiger charge is -2.26. The first-order valence-corrected chi connectivity index (χ1v) is 9.17. The molecule has 0 bridgehead atoms. The van der Waals surface area contributed by atoms with Gasteiger partial charge in [0.25, 0.3) is 11.8 Å². The van der Waals surface area contributed by atoms with E-state index in [0.717, 1.165) is 0 Å². The number of carbonyl (C=O) groups excluding carboxylic acids is 3. The maximum Gasteiger partial charge on any atom is 0.338 e. The van der Waals surface area contributed by atoms with Gasteiger partial charge in [0.1, 0.15) is 0 Å². The molecule has 0 aromatic heterocycles. The zero-order chi connectivity index (χ0) is 21.1. The van der Waals surface area contributed by atoms with Crippen molar-refractivity contribution in [1.29, 1.82) is 0 Å². The van der Waals surface area contributed by atoms with E-state index in [-0.39, 0.29) is 24.6 Å². The molecule has 1 aliphatic heterocycles. The SMILES string of the molecule is C#CCNC(=O)COC(=O)c1ccc(OCC(=O)N2CCOCC2)c(OCC)c1. The number of hydrogen-bond acceptors (Lipinski definition) is 7. The Labute approximate surface area is 169 Å². The minimum Gasteiger partial charge on any atom is -0.490 e. The number of rotatable bonds is 9. The molecular weight excluding hydrogens is 380 g/mol. The van der Waals surface area contributed by atoms with Crippen LogP contribution < -0.4 is 14.8 Å². The molecule has 9 nitrogen and oxygen atoms in total. The Morgan fingerprint density at radius 1 is 1.17 bits per heavy atom. The van der Waals surface area contributed by atoms with E-state index in [4.69, 9.17) is 25.4 Å². The molecule has 9 heteroatoms. The Balaban J connectivity index is 1.96. The lowest BCUT2D eigenvalue weighted by molar-refractivity contribution is -0.137. The van der Waals surface area contributed by atoms with Crippen LogP contribution in [0, 0.1) is 12.3 Å². The molecule has 1 fully saturated rings. The van der Waals surface area contributed by atoms with Crippen molar-refractivity contribution in [2.75, 3.05) is 52.7 Å². The van der Waals surface area contributed by atoms with Crippen molar-refractivity contribution in [2.45, 2.75) is 6.92 Å². The molecule has 29 heavy (non-hydrogen) atoms. The van der Waals surface area contributed by atoms with Crippen molar-refractivity contribution in [3.8, 4) is 23.8 Å². The van der Waals surface area contributed by atoms with Crippen LogP contribution in [-0.4, -0.2) is 75.4 Å². The fourth-order valence-electron chi connectivity index (χ4n) is 2.48. The summed E-state index contributed by atoms with van der Waals surface area (Å²) in [5.41, 5.74) is 0.185. The maximum atomic E-state index is 12.2. The number of benzene rings is 1. The molecule has 1 heterocycles. The van der Waals surface area contributed by atoms with Crippen molar-refractivity contribution in [3.05, 3.63) is 23.8 Å². The Hall–Kier alpha value is -3.25. The fourth-order valence-corrected chi connectivity index (χ4v) is 2.48. The average molecular weight is 404 g/mol. The number of amides is 2. The van der Waals surface area contributed by atoms with Crippen LogP contribution in [0.4, 0.5) is 0 Å². The van der Waals surface area contributed by atoms with Gasteiger partial charge in [0, 0.05) is 13.1 Å². The zero-order valence-corrected chi connectivity index (χ0v) is 16.3. The quantitative estimate of drug-likeness (QED) is 0.464. The van der Waals surface area contributed by atoms with Crippen molar-refractivity contribution in [2.24, 2.45) is 0 Å². The summed E-state index contributed by atoms with van der Waals surface area (Å²) < 4.78 is 21.3. The van der Waals surface area contributed by atoms with Gasteiger partial charge >= 0.3 is 5.97 Å². The van der Waals surface area contributed by atoms with Gasteiger partial charge in [-0.2, -0.15) is 0 Å². The van der Waals surface area contributed by atoms with Gasteiger partial charge in [-0.15, -0.1) is 6.42 Å². The van der Waals surface area contributed by atoms with Gasteiger partial charge in [-0.1, -0.05) is 5.92 Å². The van der Waals surface area contributed by atoms with Gasteiger partial charge in [-0.25, -0.2) is 4.79 Å². The van der Waals surface area contributed by atoms with Gasteiger partial charge in [-0.05, 0) is 25.1 Å². The minimum atomic E-state index is -0.697. The summed E-state index contributed by atoms with van der Waals surface area (Å²) in [6.45, 7) is 3.64. The van der Waals surface area contributed by atoms with Gasteiger partial charge in [0.15, 0.2) is 24.7 Å². The van der Waals surface area contributed by atoms with E-state index in [1.165, 1.54) is 18.2 Å². The summed E-state index contributed by atoms with van der Waals surface area (Å²) in [6, 6.07) is 4.44. The van der Waals surface area contributed by atoms with Gasteiger partial charge in [0.2, 0.25) is 0 Å². The highest BCUT2D eigenvalue weighted by Crippen LogP contribution is 2.29. The van der Waals surface area contributed by atoms with E-state index in [2.05, 4.69) is 11.2 Å². The predicted molar refractivity (Wildman–Crippen MR) is 103 cm³/mol. The Bertz CT molecular complexity index is 767. The molecule has 1 aliphatic rings.